The number of carbonyl (C=O) groups excluding carboxylic acids is 1. The smallest absolute Gasteiger partial charge is 0.221 e. The number of halogens is 1. The zero-order chi connectivity index (χ0) is 12.7. The molecule has 0 fully saturated rings. The van der Waals surface area contributed by atoms with E-state index in [9.17, 15) is 4.79 Å². The second-order valence-electron chi connectivity index (χ2n) is 4.53. The van der Waals surface area contributed by atoms with Gasteiger partial charge in [0, 0.05) is 17.6 Å². The Bertz CT molecular complexity index is 649. The molecule has 3 heteroatoms. The Morgan fingerprint density at radius 3 is 2.50 bits per heavy atom. The first kappa shape index (κ1) is 11.3. The summed E-state index contributed by atoms with van der Waals surface area (Å²) in [6.45, 7) is 1.52. The second kappa shape index (κ2) is 4.14. The number of rotatable bonds is 1. The summed E-state index contributed by atoms with van der Waals surface area (Å²) in [6, 6.07) is 12.0. The lowest BCUT2D eigenvalue weighted by Gasteiger charge is -2.05. The van der Waals surface area contributed by atoms with Crippen molar-refractivity contribution in [1.29, 1.82) is 0 Å². The quantitative estimate of drug-likeness (QED) is 0.704. The third-order valence-electron chi connectivity index (χ3n) is 3.16. The molecule has 0 bridgehead atoms. The summed E-state index contributed by atoms with van der Waals surface area (Å²) in [5.41, 5.74) is 5.80. The van der Waals surface area contributed by atoms with Gasteiger partial charge in [0.1, 0.15) is 0 Å². The maximum Gasteiger partial charge on any atom is 0.221 e. The van der Waals surface area contributed by atoms with Crippen LogP contribution in [0.3, 0.4) is 0 Å². The molecule has 1 N–H and O–H groups in total. The van der Waals surface area contributed by atoms with E-state index in [4.69, 9.17) is 11.6 Å². The van der Waals surface area contributed by atoms with E-state index >= 15 is 0 Å². The van der Waals surface area contributed by atoms with Crippen LogP contribution in [0.15, 0.2) is 36.4 Å². The number of benzene rings is 2. The summed E-state index contributed by atoms with van der Waals surface area (Å²) >= 11 is 6.01. The molecule has 2 aromatic rings. The van der Waals surface area contributed by atoms with Crippen molar-refractivity contribution >= 4 is 23.2 Å². The summed E-state index contributed by atoms with van der Waals surface area (Å²) in [5, 5.41) is 3.57. The van der Waals surface area contributed by atoms with E-state index in [0.29, 0.717) is 0 Å². The minimum absolute atomic E-state index is 0.0477. The van der Waals surface area contributed by atoms with Crippen molar-refractivity contribution < 1.29 is 4.79 Å². The highest BCUT2D eigenvalue weighted by Crippen LogP contribution is 2.38. The van der Waals surface area contributed by atoms with Crippen molar-refractivity contribution in [3.63, 3.8) is 0 Å². The molecular formula is C15H12ClNO. The van der Waals surface area contributed by atoms with E-state index in [2.05, 4.69) is 17.4 Å². The van der Waals surface area contributed by atoms with Crippen LogP contribution in [0.4, 0.5) is 5.69 Å². The van der Waals surface area contributed by atoms with Gasteiger partial charge in [0.05, 0.1) is 0 Å². The van der Waals surface area contributed by atoms with Crippen molar-refractivity contribution in [3.05, 3.63) is 52.5 Å². The van der Waals surface area contributed by atoms with Gasteiger partial charge in [0.25, 0.3) is 0 Å². The Hall–Kier alpha value is -1.80. The molecule has 0 radical (unpaired) electrons. The van der Waals surface area contributed by atoms with Gasteiger partial charge in [-0.3, -0.25) is 4.79 Å². The molecule has 1 amide bonds. The first-order chi connectivity index (χ1) is 8.63. The number of nitrogens with one attached hydrogen (secondary N) is 1. The lowest BCUT2D eigenvalue weighted by Crippen LogP contribution is -2.05. The average molecular weight is 258 g/mol. The van der Waals surface area contributed by atoms with Crippen LogP contribution in [0, 0.1) is 0 Å². The Labute approximate surface area is 111 Å². The summed E-state index contributed by atoms with van der Waals surface area (Å²) in [4.78, 5) is 11.0. The third kappa shape index (κ3) is 1.89. The highest BCUT2D eigenvalue weighted by Gasteiger charge is 2.18. The molecule has 18 heavy (non-hydrogen) atoms. The summed E-state index contributed by atoms with van der Waals surface area (Å²) in [7, 11) is 0. The first-order valence-electron chi connectivity index (χ1n) is 5.83. The number of hydrogen-bond donors (Lipinski definition) is 1. The second-order valence-corrected chi connectivity index (χ2v) is 4.97. The van der Waals surface area contributed by atoms with E-state index in [1.54, 1.807) is 0 Å². The maximum absolute atomic E-state index is 11.0. The molecule has 0 aliphatic heterocycles. The van der Waals surface area contributed by atoms with Gasteiger partial charge in [0.2, 0.25) is 5.91 Å². The highest BCUT2D eigenvalue weighted by atomic mass is 35.5. The Kier molecular flexibility index (Phi) is 2.60. The van der Waals surface area contributed by atoms with Crippen LogP contribution in [-0.2, 0) is 11.2 Å². The first-order valence-corrected chi connectivity index (χ1v) is 6.20. The van der Waals surface area contributed by atoms with E-state index < -0.39 is 0 Å². The van der Waals surface area contributed by atoms with Gasteiger partial charge in [-0.05, 0) is 52.9 Å². The molecule has 0 atom stereocenters. The molecule has 0 heterocycles. The lowest BCUT2D eigenvalue weighted by atomic mass is 10.1. The van der Waals surface area contributed by atoms with Crippen LogP contribution in [0.1, 0.15) is 18.1 Å². The molecule has 2 aromatic carbocycles. The molecule has 0 aromatic heterocycles. The van der Waals surface area contributed by atoms with Crippen LogP contribution < -0.4 is 5.32 Å². The molecule has 1 aliphatic rings. The van der Waals surface area contributed by atoms with E-state index in [-0.39, 0.29) is 5.91 Å². The fraction of sp³-hybridized carbons (Fsp3) is 0.133. The number of carbonyl (C=O) groups is 1. The SMILES string of the molecule is CC(=O)Nc1ccc2c(c1)Cc1cc(Cl)ccc1-2. The predicted octanol–water partition coefficient (Wildman–Crippen LogP) is 3.87. The highest BCUT2D eigenvalue weighted by molar-refractivity contribution is 6.30. The number of fused-ring (bicyclic) bond motifs is 3. The van der Waals surface area contributed by atoms with Crippen molar-refractivity contribution in [1.82, 2.24) is 0 Å². The monoisotopic (exact) mass is 257 g/mol. The number of anilines is 1. The Morgan fingerprint density at radius 1 is 1.11 bits per heavy atom. The molecule has 3 rings (SSSR count). The molecular weight excluding hydrogens is 246 g/mol. The normalized spacial score (nSPS) is 11.9. The fourth-order valence-electron chi connectivity index (χ4n) is 2.46. The van der Waals surface area contributed by atoms with Crippen LogP contribution in [-0.4, -0.2) is 5.91 Å². The molecule has 2 nitrogen and oxygen atoms in total. The minimum Gasteiger partial charge on any atom is -0.326 e. The zero-order valence-corrected chi connectivity index (χ0v) is 10.7. The van der Waals surface area contributed by atoms with Gasteiger partial charge in [-0.2, -0.15) is 0 Å². The summed E-state index contributed by atoms with van der Waals surface area (Å²) in [5.74, 6) is -0.0477. The van der Waals surface area contributed by atoms with Crippen LogP contribution in [0.2, 0.25) is 5.02 Å². The molecule has 90 valence electrons. The average Bonchev–Trinajstić information content (AvgIpc) is 2.64. The number of amides is 1. The molecule has 0 saturated carbocycles. The summed E-state index contributed by atoms with van der Waals surface area (Å²) in [6.07, 6.45) is 0.874. The zero-order valence-electron chi connectivity index (χ0n) is 9.96. The van der Waals surface area contributed by atoms with Gasteiger partial charge in [-0.15, -0.1) is 0 Å². The van der Waals surface area contributed by atoms with Gasteiger partial charge in [-0.1, -0.05) is 23.7 Å². The largest absolute Gasteiger partial charge is 0.326 e. The predicted molar refractivity (Wildman–Crippen MR) is 74.0 cm³/mol. The van der Waals surface area contributed by atoms with Crippen molar-refractivity contribution in [2.24, 2.45) is 0 Å². The topological polar surface area (TPSA) is 29.1 Å². The molecule has 0 saturated heterocycles. The van der Waals surface area contributed by atoms with Crippen molar-refractivity contribution in [2.75, 3.05) is 5.32 Å². The summed E-state index contributed by atoms with van der Waals surface area (Å²) < 4.78 is 0. The minimum atomic E-state index is -0.0477. The van der Waals surface area contributed by atoms with Crippen LogP contribution in [0.5, 0.6) is 0 Å². The Morgan fingerprint density at radius 2 is 1.78 bits per heavy atom. The van der Waals surface area contributed by atoms with E-state index in [1.807, 2.05) is 24.3 Å². The molecule has 0 spiro atoms. The molecule has 1 aliphatic carbocycles. The van der Waals surface area contributed by atoms with Gasteiger partial charge < -0.3 is 5.32 Å². The third-order valence-corrected chi connectivity index (χ3v) is 3.40. The van der Waals surface area contributed by atoms with Crippen molar-refractivity contribution in [3.8, 4) is 11.1 Å². The molecule has 0 unspecified atom stereocenters. The van der Waals surface area contributed by atoms with Gasteiger partial charge >= 0.3 is 0 Å². The number of hydrogen-bond acceptors (Lipinski definition) is 1. The maximum atomic E-state index is 11.0. The standard InChI is InChI=1S/C15H12ClNO/c1-9(18)17-13-3-5-15-11(8-13)6-10-7-12(16)2-4-14(10)15/h2-5,7-8H,6H2,1H3,(H,17,18). The van der Waals surface area contributed by atoms with Crippen molar-refractivity contribution in [2.45, 2.75) is 13.3 Å². The van der Waals surface area contributed by atoms with Gasteiger partial charge in [-0.25, -0.2) is 0 Å². The van der Waals surface area contributed by atoms with Gasteiger partial charge in [0.15, 0.2) is 0 Å². The Balaban J connectivity index is 2.03. The van der Waals surface area contributed by atoms with E-state index in [0.717, 1.165) is 17.1 Å². The fourth-order valence-corrected chi connectivity index (χ4v) is 2.65. The lowest BCUT2D eigenvalue weighted by molar-refractivity contribution is -0.114. The van der Waals surface area contributed by atoms with E-state index in [1.165, 1.54) is 29.2 Å². The van der Waals surface area contributed by atoms with Crippen LogP contribution >= 0.6 is 11.6 Å². The van der Waals surface area contributed by atoms with Crippen LogP contribution in [0.25, 0.3) is 11.1 Å².